The molecule has 0 heterocycles. The van der Waals surface area contributed by atoms with Crippen LogP contribution in [0.2, 0.25) is 0 Å². The molecule has 2 atom stereocenters. The standard InChI is InChI=1S/C24H32N2O2/c1-6-17(4)20-9-11-21(12-10-20)24(16(2)3)26-23(28)15-19-7-13-22(14-8-19)25-18(5)27/h7-14,16-17,24H,6,15H2,1-5H3,(H,25,27)(H,26,28). The van der Waals surface area contributed by atoms with E-state index in [-0.39, 0.29) is 17.9 Å². The lowest BCUT2D eigenvalue weighted by molar-refractivity contribution is -0.121. The van der Waals surface area contributed by atoms with Crippen molar-refractivity contribution in [2.75, 3.05) is 5.32 Å². The van der Waals surface area contributed by atoms with Gasteiger partial charge in [-0.25, -0.2) is 0 Å². The number of nitrogens with one attached hydrogen (secondary N) is 2. The molecule has 4 nitrogen and oxygen atoms in total. The molecule has 2 amide bonds. The molecule has 0 aliphatic carbocycles. The molecule has 150 valence electrons. The topological polar surface area (TPSA) is 58.2 Å². The van der Waals surface area contributed by atoms with Crippen LogP contribution in [0.3, 0.4) is 0 Å². The predicted molar refractivity (Wildman–Crippen MR) is 115 cm³/mol. The van der Waals surface area contributed by atoms with Crippen molar-refractivity contribution in [2.45, 2.75) is 59.4 Å². The van der Waals surface area contributed by atoms with Gasteiger partial charge in [-0.3, -0.25) is 9.59 Å². The average Bonchev–Trinajstić information content (AvgIpc) is 2.66. The first kappa shape index (κ1) is 21.7. The molecule has 0 aliphatic heterocycles. The Morgan fingerprint density at radius 2 is 1.46 bits per heavy atom. The maximum Gasteiger partial charge on any atom is 0.224 e. The maximum absolute atomic E-state index is 12.6. The van der Waals surface area contributed by atoms with E-state index >= 15 is 0 Å². The largest absolute Gasteiger partial charge is 0.349 e. The first-order valence-electron chi connectivity index (χ1n) is 10.1. The summed E-state index contributed by atoms with van der Waals surface area (Å²) < 4.78 is 0. The van der Waals surface area contributed by atoms with Crippen molar-refractivity contribution >= 4 is 17.5 Å². The van der Waals surface area contributed by atoms with E-state index in [9.17, 15) is 9.59 Å². The van der Waals surface area contributed by atoms with Crippen molar-refractivity contribution in [1.82, 2.24) is 5.32 Å². The monoisotopic (exact) mass is 380 g/mol. The number of hydrogen-bond acceptors (Lipinski definition) is 2. The van der Waals surface area contributed by atoms with Crippen molar-refractivity contribution in [1.29, 1.82) is 0 Å². The van der Waals surface area contributed by atoms with Crippen LogP contribution in [0.5, 0.6) is 0 Å². The Hall–Kier alpha value is -2.62. The molecule has 0 bridgehead atoms. The summed E-state index contributed by atoms with van der Waals surface area (Å²) in [4.78, 5) is 23.7. The average molecular weight is 381 g/mol. The van der Waals surface area contributed by atoms with Gasteiger partial charge in [0.05, 0.1) is 12.5 Å². The summed E-state index contributed by atoms with van der Waals surface area (Å²) in [6.07, 6.45) is 1.43. The van der Waals surface area contributed by atoms with Crippen LogP contribution in [-0.4, -0.2) is 11.8 Å². The molecule has 2 rings (SSSR count). The summed E-state index contributed by atoms with van der Waals surface area (Å²) >= 11 is 0. The van der Waals surface area contributed by atoms with E-state index in [0.717, 1.165) is 23.2 Å². The van der Waals surface area contributed by atoms with E-state index < -0.39 is 0 Å². The number of carbonyl (C=O) groups excluding carboxylic acids is 2. The SMILES string of the molecule is CCC(C)c1ccc(C(NC(=O)Cc2ccc(NC(C)=O)cc2)C(C)C)cc1. The Labute approximate surface area is 168 Å². The van der Waals surface area contributed by atoms with Crippen molar-refractivity contribution in [3.05, 3.63) is 65.2 Å². The lowest BCUT2D eigenvalue weighted by Crippen LogP contribution is -2.32. The second-order valence-corrected chi connectivity index (χ2v) is 7.82. The highest BCUT2D eigenvalue weighted by atomic mass is 16.2. The molecule has 0 radical (unpaired) electrons. The molecule has 0 saturated heterocycles. The lowest BCUT2D eigenvalue weighted by Gasteiger charge is -2.24. The highest BCUT2D eigenvalue weighted by molar-refractivity contribution is 5.88. The number of hydrogen-bond donors (Lipinski definition) is 2. The fraction of sp³-hybridized carbons (Fsp3) is 0.417. The zero-order valence-corrected chi connectivity index (χ0v) is 17.6. The third-order valence-electron chi connectivity index (χ3n) is 5.10. The Morgan fingerprint density at radius 1 is 0.893 bits per heavy atom. The Balaban J connectivity index is 2.03. The molecule has 0 saturated carbocycles. The van der Waals surface area contributed by atoms with E-state index in [1.165, 1.54) is 12.5 Å². The minimum atomic E-state index is -0.107. The van der Waals surface area contributed by atoms with Gasteiger partial charge >= 0.3 is 0 Å². The number of anilines is 1. The van der Waals surface area contributed by atoms with Crippen LogP contribution < -0.4 is 10.6 Å². The highest BCUT2D eigenvalue weighted by Gasteiger charge is 2.19. The van der Waals surface area contributed by atoms with Gasteiger partial charge in [-0.05, 0) is 47.1 Å². The fourth-order valence-electron chi connectivity index (χ4n) is 3.22. The van der Waals surface area contributed by atoms with E-state index in [1.54, 1.807) is 0 Å². The van der Waals surface area contributed by atoms with Crippen LogP contribution in [-0.2, 0) is 16.0 Å². The molecule has 2 N–H and O–H groups in total. The first-order valence-corrected chi connectivity index (χ1v) is 10.1. The second-order valence-electron chi connectivity index (χ2n) is 7.82. The zero-order chi connectivity index (χ0) is 20.7. The van der Waals surface area contributed by atoms with Crippen molar-refractivity contribution < 1.29 is 9.59 Å². The number of amides is 2. The van der Waals surface area contributed by atoms with Gasteiger partial charge in [-0.15, -0.1) is 0 Å². The van der Waals surface area contributed by atoms with E-state index in [4.69, 9.17) is 0 Å². The van der Waals surface area contributed by atoms with E-state index in [2.05, 4.69) is 62.6 Å². The molecule has 0 aromatic heterocycles. The summed E-state index contributed by atoms with van der Waals surface area (Å²) in [7, 11) is 0. The zero-order valence-electron chi connectivity index (χ0n) is 17.6. The highest BCUT2D eigenvalue weighted by Crippen LogP contribution is 2.25. The predicted octanol–water partition coefficient (Wildman–Crippen LogP) is 5.21. The van der Waals surface area contributed by atoms with Gasteiger partial charge in [-0.1, -0.05) is 64.1 Å². The van der Waals surface area contributed by atoms with Gasteiger partial charge in [0.15, 0.2) is 0 Å². The molecular formula is C24H32N2O2. The summed E-state index contributed by atoms with van der Waals surface area (Å²) in [6, 6.07) is 16.0. The van der Waals surface area contributed by atoms with Gasteiger partial charge in [0.2, 0.25) is 11.8 Å². The van der Waals surface area contributed by atoms with Gasteiger partial charge in [0.25, 0.3) is 0 Å². The minimum Gasteiger partial charge on any atom is -0.349 e. The second kappa shape index (κ2) is 10.1. The molecule has 2 aromatic rings. The van der Waals surface area contributed by atoms with Crippen LogP contribution in [0.4, 0.5) is 5.69 Å². The van der Waals surface area contributed by atoms with Crippen LogP contribution in [0, 0.1) is 5.92 Å². The Kier molecular flexibility index (Phi) is 7.80. The third kappa shape index (κ3) is 6.22. The van der Waals surface area contributed by atoms with Gasteiger partial charge < -0.3 is 10.6 Å². The lowest BCUT2D eigenvalue weighted by atomic mass is 9.92. The fourth-order valence-corrected chi connectivity index (χ4v) is 3.22. The molecular weight excluding hydrogens is 348 g/mol. The Bertz CT molecular complexity index is 779. The minimum absolute atomic E-state index is 0.00280. The van der Waals surface area contributed by atoms with Gasteiger partial charge in [0.1, 0.15) is 0 Å². The van der Waals surface area contributed by atoms with Crippen molar-refractivity contribution in [3.63, 3.8) is 0 Å². The van der Waals surface area contributed by atoms with Crippen molar-refractivity contribution in [2.24, 2.45) is 5.92 Å². The van der Waals surface area contributed by atoms with Crippen molar-refractivity contribution in [3.8, 4) is 0 Å². The van der Waals surface area contributed by atoms with Gasteiger partial charge in [-0.2, -0.15) is 0 Å². The quantitative estimate of drug-likeness (QED) is 0.660. The first-order chi connectivity index (χ1) is 13.3. The molecule has 0 spiro atoms. The summed E-state index contributed by atoms with van der Waals surface area (Å²) in [6.45, 7) is 10.1. The number of rotatable bonds is 8. The maximum atomic E-state index is 12.6. The molecule has 4 heteroatoms. The van der Waals surface area contributed by atoms with E-state index in [0.29, 0.717) is 18.3 Å². The van der Waals surface area contributed by atoms with Gasteiger partial charge in [0, 0.05) is 12.6 Å². The number of carbonyl (C=O) groups is 2. The van der Waals surface area contributed by atoms with Crippen LogP contribution in [0.1, 0.15) is 69.7 Å². The molecule has 2 aromatic carbocycles. The summed E-state index contributed by atoms with van der Waals surface area (Å²) in [5, 5.41) is 5.91. The molecule has 0 aliphatic rings. The molecule has 0 fully saturated rings. The Morgan fingerprint density at radius 3 is 1.96 bits per heavy atom. The van der Waals surface area contributed by atoms with E-state index in [1.807, 2.05) is 24.3 Å². The molecule has 28 heavy (non-hydrogen) atoms. The number of benzene rings is 2. The summed E-state index contributed by atoms with van der Waals surface area (Å²) in [5.41, 5.74) is 4.12. The third-order valence-corrected chi connectivity index (χ3v) is 5.10. The van der Waals surface area contributed by atoms with Crippen LogP contribution >= 0.6 is 0 Å². The summed E-state index contributed by atoms with van der Waals surface area (Å²) in [5.74, 6) is 0.726. The van der Waals surface area contributed by atoms with Crippen LogP contribution in [0.15, 0.2) is 48.5 Å². The molecule has 2 unspecified atom stereocenters. The van der Waals surface area contributed by atoms with Crippen LogP contribution in [0.25, 0.3) is 0 Å². The smallest absolute Gasteiger partial charge is 0.224 e. The normalized spacial score (nSPS) is 13.1.